The van der Waals surface area contributed by atoms with Crippen LogP contribution >= 0.6 is 0 Å². The van der Waals surface area contributed by atoms with Crippen molar-refractivity contribution in [3.63, 3.8) is 0 Å². The summed E-state index contributed by atoms with van der Waals surface area (Å²) >= 11 is 0. The van der Waals surface area contributed by atoms with Gasteiger partial charge < -0.3 is 0 Å². The number of nitrogens with zero attached hydrogens (tertiary/aromatic N) is 4. The number of benzene rings is 1. The van der Waals surface area contributed by atoms with Gasteiger partial charge in [-0.25, -0.2) is 4.68 Å². The molecule has 1 aromatic heterocycles. The third kappa shape index (κ3) is 3.41. The van der Waals surface area contributed by atoms with E-state index in [0.29, 0.717) is 0 Å². The molecule has 0 saturated carbocycles. The van der Waals surface area contributed by atoms with E-state index in [-0.39, 0.29) is 0 Å². The Morgan fingerprint density at radius 2 is 1.79 bits per heavy atom. The van der Waals surface area contributed by atoms with Gasteiger partial charge in [0, 0.05) is 6.54 Å². The zero-order chi connectivity index (χ0) is 13.7. The summed E-state index contributed by atoms with van der Waals surface area (Å²) in [5.74, 6) is 0. The monoisotopic (exact) mass is 258 g/mol. The summed E-state index contributed by atoms with van der Waals surface area (Å²) in [7, 11) is 0. The summed E-state index contributed by atoms with van der Waals surface area (Å²) in [6.45, 7) is 10.2. The molecule has 2 rings (SSSR count). The van der Waals surface area contributed by atoms with Crippen LogP contribution in [0.5, 0.6) is 0 Å². The van der Waals surface area contributed by atoms with Crippen molar-refractivity contribution in [2.24, 2.45) is 0 Å². The predicted octanol–water partition coefficient (Wildman–Crippen LogP) is 2.48. The van der Waals surface area contributed by atoms with Gasteiger partial charge in [0.25, 0.3) is 0 Å². The van der Waals surface area contributed by atoms with Crippen LogP contribution in [0.25, 0.3) is 0 Å². The van der Waals surface area contributed by atoms with E-state index in [0.717, 1.165) is 31.9 Å². The maximum Gasteiger partial charge on any atom is 0.0841 e. The molecule has 4 heteroatoms. The average molecular weight is 258 g/mol. The van der Waals surface area contributed by atoms with Gasteiger partial charge in [-0.3, -0.25) is 4.90 Å². The first-order valence-electron chi connectivity index (χ1n) is 6.89. The minimum atomic E-state index is 0.790. The molecule has 19 heavy (non-hydrogen) atoms. The lowest BCUT2D eigenvalue weighted by molar-refractivity contribution is 0.285. The van der Waals surface area contributed by atoms with Gasteiger partial charge in [-0.05, 0) is 25.6 Å². The van der Waals surface area contributed by atoms with Gasteiger partial charge >= 0.3 is 0 Å². The summed E-state index contributed by atoms with van der Waals surface area (Å²) in [6, 6.07) is 10.4. The third-order valence-electron chi connectivity index (χ3n) is 3.47. The van der Waals surface area contributed by atoms with E-state index in [9.17, 15) is 0 Å². The van der Waals surface area contributed by atoms with E-state index in [1.165, 1.54) is 11.3 Å². The van der Waals surface area contributed by atoms with Crippen molar-refractivity contribution >= 4 is 0 Å². The minimum Gasteiger partial charge on any atom is -0.298 e. The van der Waals surface area contributed by atoms with Crippen molar-refractivity contribution in [3.8, 4) is 0 Å². The Balaban J connectivity index is 2.17. The molecule has 0 saturated heterocycles. The van der Waals surface area contributed by atoms with Gasteiger partial charge in [-0.15, -0.1) is 5.10 Å². The highest BCUT2D eigenvalue weighted by Gasteiger charge is 2.12. The molecule has 0 N–H and O–H groups in total. The number of hydrogen-bond acceptors (Lipinski definition) is 3. The number of rotatable bonds is 6. The third-order valence-corrected chi connectivity index (χ3v) is 3.47. The van der Waals surface area contributed by atoms with Crippen LogP contribution in [0.15, 0.2) is 30.3 Å². The summed E-state index contributed by atoms with van der Waals surface area (Å²) in [5.41, 5.74) is 3.50. The molecule has 0 unspecified atom stereocenters. The van der Waals surface area contributed by atoms with E-state index < -0.39 is 0 Å². The lowest BCUT2D eigenvalue weighted by Crippen LogP contribution is -2.24. The second-order valence-corrected chi connectivity index (χ2v) is 4.73. The van der Waals surface area contributed by atoms with Gasteiger partial charge in [-0.1, -0.05) is 49.4 Å². The SMILES string of the molecule is CCN(CC)Cc1c(C)nnn1Cc1ccccc1. The van der Waals surface area contributed by atoms with Crippen molar-refractivity contribution in [1.82, 2.24) is 19.9 Å². The van der Waals surface area contributed by atoms with Crippen LogP contribution in [0, 0.1) is 6.92 Å². The van der Waals surface area contributed by atoms with Gasteiger partial charge in [-0.2, -0.15) is 0 Å². The maximum absolute atomic E-state index is 4.27. The molecular formula is C15H22N4. The summed E-state index contributed by atoms with van der Waals surface area (Å²) in [4.78, 5) is 2.38. The van der Waals surface area contributed by atoms with Crippen molar-refractivity contribution in [3.05, 3.63) is 47.3 Å². The molecule has 4 nitrogen and oxygen atoms in total. The van der Waals surface area contributed by atoms with Crippen LogP contribution in [0.2, 0.25) is 0 Å². The lowest BCUT2D eigenvalue weighted by atomic mass is 10.2. The highest BCUT2D eigenvalue weighted by atomic mass is 15.4. The number of aryl methyl sites for hydroxylation is 1. The molecular weight excluding hydrogens is 236 g/mol. The quantitative estimate of drug-likeness (QED) is 0.798. The van der Waals surface area contributed by atoms with Crippen LogP contribution in [-0.2, 0) is 13.1 Å². The molecule has 102 valence electrons. The van der Waals surface area contributed by atoms with Gasteiger partial charge in [0.1, 0.15) is 0 Å². The average Bonchev–Trinajstić information content (AvgIpc) is 2.78. The second-order valence-electron chi connectivity index (χ2n) is 4.73. The topological polar surface area (TPSA) is 34.0 Å². The molecule has 0 atom stereocenters. The maximum atomic E-state index is 4.27. The van der Waals surface area contributed by atoms with Crippen molar-refractivity contribution < 1.29 is 0 Å². The summed E-state index contributed by atoms with van der Waals surface area (Å²) in [5, 5.41) is 8.49. The molecule has 0 aliphatic carbocycles. The van der Waals surface area contributed by atoms with Crippen LogP contribution in [-0.4, -0.2) is 33.0 Å². The molecule has 0 aliphatic rings. The smallest absolute Gasteiger partial charge is 0.0841 e. The van der Waals surface area contributed by atoms with E-state index in [1.807, 2.05) is 17.7 Å². The Morgan fingerprint density at radius 3 is 2.42 bits per heavy atom. The Hall–Kier alpha value is -1.68. The number of aromatic nitrogens is 3. The summed E-state index contributed by atoms with van der Waals surface area (Å²) < 4.78 is 2.02. The van der Waals surface area contributed by atoms with E-state index >= 15 is 0 Å². The first-order valence-corrected chi connectivity index (χ1v) is 6.89. The first-order chi connectivity index (χ1) is 9.24. The Kier molecular flexibility index (Phi) is 4.68. The van der Waals surface area contributed by atoms with Crippen LogP contribution < -0.4 is 0 Å². The highest BCUT2D eigenvalue weighted by Crippen LogP contribution is 2.11. The van der Waals surface area contributed by atoms with E-state index in [4.69, 9.17) is 0 Å². The van der Waals surface area contributed by atoms with Gasteiger partial charge in [0.2, 0.25) is 0 Å². The predicted molar refractivity (Wildman–Crippen MR) is 76.9 cm³/mol. The van der Waals surface area contributed by atoms with Crippen molar-refractivity contribution in [2.45, 2.75) is 33.9 Å². The van der Waals surface area contributed by atoms with E-state index in [2.05, 4.69) is 53.3 Å². The molecule has 1 aromatic carbocycles. The normalized spacial score (nSPS) is 11.2. The molecule has 0 bridgehead atoms. The molecule has 2 aromatic rings. The second kappa shape index (κ2) is 6.48. The fraction of sp³-hybridized carbons (Fsp3) is 0.467. The van der Waals surface area contributed by atoms with Crippen LogP contribution in [0.3, 0.4) is 0 Å². The minimum absolute atomic E-state index is 0.790. The zero-order valence-corrected chi connectivity index (χ0v) is 12.0. The van der Waals surface area contributed by atoms with Gasteiger partial charge in [0.15, 0.2) is 0 Å². The lowest BCUT2D eigenvalue weighted by Gasteiger charge is -2.18. The summed E-state index contributed by atoms with van der Waals surface area (Å²) in [6.07, 6.45) is 0. The largest absolute Gasteiger partial charge is 0.298 e. The van der Waals surface area contributed by atoms with Crippen LogP contribution in [0.1, 0.15) is 30.8 Å². The van der Waals surface area contributed by atoms with Crippen molar-refractivity contribution in [1.29, 1.82) is 0 Å². The zero-order valence-electron chi connectivity index (χ0n) is 12.0. The molecule has 0 aliphatic heterocycles. The van der Waals surface area contributed by atoms with Crippen LogP contribution in [0.4, 0.5) is 0 Å². The molecule has 0 spiro atoms. The van der Waals surface area contributed by atoms with E-state index in [1.54, 1.807) is 0 Å². The Bertz CT molecular complexity index is 500. The Morgan fingerprint density at radius 1 is 1.11 bits per heavy atom. The fourth-order valence-electron chi connectivity index (χ4n) is 2.16. The molecule has 0 fully saturated rings. The highest BCUT2D eigenvalue weighted by molar-refractivity contribution is 5.17. The molecule has 0 amide bonds. The Labute approximate surface area is 115 Å². The first kappa shape index (κ1) is 13.7. The molecule has 0 radical (unpaired) electrons. The molecule has 1 heterocycles. The van der Waals surface area contributed by atoms with Crippen molar-refractivity contribution in [2.75, 3.05) is 13.1 Å². The number of hydrogen-bond donors (Lipinski definition) is 0. The fourth-order valence-corrected chi connectivity index (χ4v) is 2.16. The standard InChI is InChI=1S/C15H22N4/c1-4-18(5-2)12-15-13(3)16-17-19(15)11-14-9-7-6-8-10-14/h6-10H,4-5,11-12H2,1-3H3. The van der Waals surface area contributed by atoms with Gasteiger partial charge in [0.05, 0.1) is 17.9 Å².